The number of benzene rings is 2. The Bertz CT molecular complexity index is 630. The molecule has 0 radical (unpaired) electrons. The summed E-state index contributed by atoms with van der Waals surface area (Å²) in [5, 5.41) is 4.38. The van der Waals surface area contributed by atoms with Crippen LogP contribution in [0.25, 0.3) is 12.2 Å². The Kier molecular flexibility index (Phi) is 3.09. The minimum atomic E-state index is -1.78. The van der Waals surface area contributed by atoms with Crippen molar-refractivity contribution in [2.24, 2.45) is 0 Å². The van der Waals surface area contributed by atoms with Gasteiger partial charge in [-0.3, -0.25) is 0 Å². The molecular formula is C16H14Cl2Si. The van der Waals surface area contributed by atoms with E-state index < -0.39 is 8.07 Å². The van der Waals surface area contributed by atoms with Crippen molar-refractivity contribution < 1.29 is 0 Å². The second-order valence-corrected chi connectivity index (χ2v) is 10.5. The second-order valence-electron chi connectivity index (χ2n) is 5.36. The van der Waals surface area contributed by atoms with E-state index in [2.05, 4.69) is 37.4 Å². The standard InChI is InChI=1S/C16H14Cl2Si/c1-19(2)15-7-3-5-13(17)11(15)9-10-12-14(18)6-4-8-16(12)19/h3-10H,1-2H3. The summed E-state index contributed by atoms with van der Waals surface area (Å²) >= 11 is 12.7. The quantitative estimate of drug-likeness (QED) is 0.637. The molecule has 0 atom stereocenters. The van der Waals surface area contributed by atoms with E-state index in [1.54, 1.807) is 0 Å². The van der Waals surface area contributed by atoms with Crippen molar-refractivity contribution in [2.45, 2.75) is 13.1 Å². The van der Waals surface area contributed by atoms with Gasteiger partial charge in [0.1, 0.15) is 8.07 Å². The van der Waals surface area contributed by atoms with Crippen molar-refractivity contribution in [2.75, 3.05) is 0 Å². The Morgan fingerprint density at radius 3 is 1.58 bits per heavy atom. The third kappa shape index (κ3) is 1.97. The lowest BCUT2D eigenvalue weighted by Gasteiger charge is -2.26. The van der Waals surface area contributed by atoms with E-state index in [0.717, 1.165) is 21.2 Å². The summed E-state index contributed by atoms with van der Waals surface area (Å²) in [6.45, 7) is 4.70. The predicted molar refractivity (Wildman–Crippen MR) is 88.6 cm³/mol. The van der Waals surface area contributed by atoms with Crippen LogP contribution in [0.3, 0.4) is 0 Å². The summed E-state index contributed by atoms with van der Waals surface area (Å²) in [7, 11) is -1.78. The van der Waals surface area contributed by atoms with Gasteiger partial charge in [-0.25, -0.2) is 0 Å². The normalized spacial score (nSPS) is 15.6. The Balaban J connectivity index is 2.39. The van der Waals surface area contributed by atoms with Crippen LogP contribution in [0, 0.1) is 0 Å². The molecule has 0 amide bonds. The number of rotatable bonds is 0. The average molecular weight is 305 g/mol. The molecule has 0 aromatic heterocycles. The minimum Gasteiger partial charge on any atom is -0.0837 e. The van der Waals surface area contributed by atoms with E-state index in [4.69, 9.17) is 23.2 Å². The summed E-state index contributed by atoms with van der Waals surface area (Å²) in [5.41, 5.74) is 2.29. The summed E-state index contributed by atoms with van der Waals surface area (Å²) in [6.07, 6.45) is 4.20. The molecule has 0 N–H and O–H groups in total. The van der Waals surface area contributed by atoms with E-state index >= 15 is 0 Å². The summed E-state index contributed by atoms with van der Waals surface area (Å²) in [5.74, 6) is 0. The van der Waals surface area contributed by atoms with Crippen molar-refractivity contribution in [1.29, 1.82) is 0 Å². The first kappa shape index (κ1) is 13.0. The highest BCUT2D eigenvalue weighted by atomic mass is 35.5. The zero-order valence-electron chi connectivity index (χ0n) is 10.9. The number of hydrogen-bond acceptors (Lipinski definition) is 0. The lowest BCUT2D eigenvalue weighted by Crippen LogP contribution is -2.54. The molecule has 0 bridgehead atoms. The zero-order chi connectivity index (χ0) is 13.6. The van der Waals surface area contributed by atoms with Crippen LogP contribution in [0.2, 0.25) is 23.1 Å². The van der Waals surface area contributed by atoms with Crippen LogP contribution in [-0.4, -0.2) is 8.07 Å². The van der Waals surface area contributed by atoms with Gasteiger partial charge in [0.25, 0.3) is 0 Å². The highest BCUT2D eigenvalue weighted by Gasteiger charge is 2.32. The lowest BCUT2D eigenvalue weighted by atomic mass is 10.1. The maximum absolute atomic E-state index is 6.36. The monoisotopic (exact) mass is 304 g/mol. The fourth-order valence-corrected chi connectivity index (χ4v) is 6.55. The molecule has 3 rings (SSSR count). The first-order valence-corrected chi connectivity index (χ1v) is 10.0. The van der Waals surface area contributed by atoms with Gasteiger partial charge in [-0.05, 0) is 33.6 Å². The first-order valence-electron chi connectivity index (χ1n) is 6.28. The smallest absolute Gasteiger partial charge is 0.0837 e. The summed E-state index contributed by atoms with van der Waals surface area (Å²) in [4.78, 5) is 0. The second kappa shape index (κ2) is 4.52. The zero-order valence-corrected chi connectivity index (χ0v) is 13.4. The maximum Gasteiger partial charge on any atom is 0.113 e. The van der Waals surface area contributed by atoms with Gasteiger partial charge in [-0.1, -0.05) is 72.7 Å². The topological polar surface area (TPSA) is 0 Å². The molecule has 0 saturated heterocycles. The fraction of sp³-hybridized carbons (Fsp3) is 0.125. The highest BCUT2D eigenvalue weighted by molar-refractivity contribution is 7.01. The molecule has 1 aliphatic heterocycles. The van der Waals surface area contributed by atoms with E-state index in [-0.39, 0.29) is 0 Å². The van der Waals surface area contributed by atoms with Crippen molar-refractivity contribution >= 4 is 53.8 Å². The van der Waals surface area contributed by atoms with Crippen LogP contribution in [0.15, 0.2) is 36.4 Å². The lowest BCUT2D eigenvalue weighted by molar-refractivity contribution is 1.65. The van der Waals surface area contributed by atoms with Crippen LogP contribution in [0.5, 0.6) is 0 Å². The molecule has 0 fully saturated rings. The van der Waals surface area contributed by atoms with Crippen LogP contribution >= 0.6 is 23.2 Å². The van der Waals surface area contributed by atoms with Crippen LogP contribution in [0.1, 0.15) is 11.1 Å². The third-order valence-electron chi connectivity index (χ3n) is 3.87. The van der Waals surface area contributed by atoms with Crippen LogP contribution in [0.4, 0.5) is 0 Å². The van der Waals surface area contributed by atoms with Crippen molar-refractivity contribution in [1.82, 2.24) is 0 Å². The van der Waals surface area contributed by atoms with E-state index in [1.165, 1.54) is 10.4 Å². The number of fused-ring (bicyclic) bond motifs is 2. The molecular weight excluding hydrogens is 291 g/mol. The SMILES string of the molecule is C[Si]1(C)c2cccc(Cl)c2C=Cc2c(Cl)cccc21. The molecule has 1 aliphatic rings. The summed E-state index contributed by atoms with van der Waals surface area (Å²) in [6, 6.07) is 12.4. The molecule has 0 nitrogen and oxygen atoms in total. The van der Waals surface area contributed by atoms with Gasteiger partial charge < -0.3 is 0 Å². The van der Waals surface area contributed by atoms with Gasteiger partial charge in [0.2, 0.25) is 0 Å². The van der Waals surface area contributed by atoms with E-state index in [9.17, 15) is 0 Å². The molecule has 1 heterocycles. The predicted octanol–water partition coefficient (Wildman–Crippen LogP) is 4.30. The first-order chi connectivity index (χ1) is 9.01. The van der Waals surface area contributed by atoms with Gasteiger partial charge >= 0.3 is 0 Å². The third-order valence-corrected chi connectivity index (χ3v) is 8.09. The Morgan fingerprint density at radius 2 is 1.16 bits per heavy atom. The highest BCUT2D eigenvalue weighted by Crippen LogP contribution is 2.26. The summed E-state index contributed by atoms with van der Waals surface area (Å²) < 4.78 is 0. The molecule has 0 saturated carbocycles. The van der Waals surface area contributed by atoms with Gasteiger partial charge in [-0.2, -0.15) is 0 Å². The fourth-order valence-electron chi connectivity index (χ4n) is 2.81. The van der Waals surface area contributed by atoms with Crippen molar-refractivity contribution in [3.63, 3.8) is 0 Å². The van der Waals surface area contributed by atoms with Gasteiger partial charge in [0.15, 0.2) is 0 Å². The molecule has 0 spiro atoms. The van der Waals surface area contributed by atoms with Crippen LogP contribution in [-0.2, 0) is 0 Å². The molecule has 19 heavy (non-hydrogen) atoms. The van der Waals surface area contributed by atoms with Gasteiger partial charge in [0, 0.05) is 10.0 Å². The van der Waals surface area contributed by atoms with Gasteiger partial charge in [-0.15, -0.1) is 0 Å². The Labute approximate surface area is 124 Å². The Morgan fingerprint density at radius 1 is 0.737 bits per heavy atom. The van der Waals surface area contributed by atoms with Crippen molar-refractivity contribution in [3.8, 4) is 0 Å². The van der Waals surface area contributed by atoms with Crippen molar-refractivity contribution in [3.05, 3.63) is 57.6 Å². The maximum atomic E-state index is 6.36. The van der Waals surface area contributed by atoms with Crippen LogP contribution < -0.4 is 10.4 Å². The molecule has 0 aliphatic carbocycles. The molecule has 0 unspecified atom stereocenters. The van der Waals surface area contributed by atoms with Gasteiger partial charge in [0.05, 0.1) is 0 Å². The average Bonchev–Trinajstić information content (AvgIpc) is 2.48. The Hall–Kier alpha value is -1.02. The number of halogens is 2. The minimum absolute atomic E-state index is 0.818. The molecule has 2 aromatic carbocycles. The molecule has 2 aromatic rings. The van der Waals surface area contributed by atoms with E-state index in [1.807, 2.05) is 24.3 Å². The molecule has 3 heteroatoms. The number of hydrogen-bond donors (Lipinski definition) is 0. The van der Waals surface area contributed by atoms with E-state index in [0.29, 0.717) is 0 Å². The molecule has 96 valence electrons. The largest absolute Gasteiger partial charge is 0.113 e.